The highest BCUT2D eigenvalue weighted by molar-refractivity contribution is 6.34. The number of phenolic OH excluding ortho intramolecular Hbond substituents is 1. The highest BCUT2D eigenvalue weighted by atomic mass is 35.5. The molecule has 1 aromatic heterocycles. The zero-order valence-corrected chi connectivity index (χ0v) is 23.8. The van der Waals surface area contributed by atoms with Crippen LogP contribution in [0.2, 0.25) is 5.02 Å². The summed E-state index contributed by atoms with van der Waals surface area (Å²) in [5.74, 6) is -1.36. The maximum Gasteiger partial charge on any atom is 0.246 e. The van der Waals surface area contributed by atoms with Crippen LogP contribution in [0.5, 0.6) is 5.75 Å². The molecule has 2 aliphatic rings. The number of piperazine rings is 1. The number of anilines is 2. The average molecular weight is 571 g/mol. The molecule has 1 amide bonds. The molecule has 212 valence electrons. The van der Waals surface area contributed by atoms with Gasteiger partial charge in [0.25, 0.3) is 0 Å². The molecule has 5 rings (SSSR count). The lowest BCUT2D eigenvalue weighted by atomic mass is 10.00. The Morgan fingerprint density at radius 3 is 2.55 bits per heavy atom. The van der Waals surface area contributed by atoms with Crippen molar-refractivity contribution in [1.29, 1.82) is 0 Å². The van der Waals surface area contributed by atoms with Crippen LogP contribution in [0.1, 0.15) is 20.8 Å². The van der Waals surface area contributed by atoms with Crippen molar-refractivity contribution in [1.82, 2.24) is 19.8 Å². The maximum atomic E-state index is 16.4. The zero-order valence-electron chi connectivity index (χ0n) is 23.0. The minimum absolute atomic E-state index is 0.0150. The van der Waals surface area contributed by atoms with E-state index in [-0.39, 0.29) is 39.7 Å². The van der Waals surface area contributed by atoms with Gasteiger partial charge in [-0.25, -0.2) is 13.8 Å². The van der Waals surface area contributed by atoms with Crippen molar-refractivity contribution in [3.8, 4) is 16.9 Å². The van der Waals surface area contributed by atoms with Crippen LogP contribution in [0.15, 0.2) is 36.9 Å². The molecule has 2 aromatic carbocycles. The van der Waals surface area contributed by atoms with E-state index in [1.165, 1.54) is 24.3 Å². The van der Waals surface area contributed by atoms with Crippen LogP contribution >= 0.6 is 11.6 Å². The summed E-state index contributed by atoms with van der Waals surface area (Å²) in [7, 11) is 2.05. The minimum atomic E-state index is -0.836. The molecule has 0 saturated carbocycles. The number of aromatic hydroxyl groups is 1. The zero-order chi connectivity index (χ0) is 28.9. The second-order valence-corrected chi connectivity index (χ2v) is 11.0. The predicted octanol–water partition coefficient (Wildman–Crippen LogP) is 4.69. The van der Waals surface area contributed by atoms with E-state index < -0.39 is 17.4 Å². The van der Waals surface area contributed by atoms with E-state index >= 15 is 4.39 Å². The van der Waals surface area contributed by atoms with E-state index in [2.05, 4.69) is 30.4 Å². The number of hydrogen-bond donors (Lipinski definition) is 1. The summed E-state index contributed by atoms with van der Waals surface area (Å²) in [5.41, 5.74) is -0.588. The third-order valence-corrected chi connectivity index (χ3v) is 8.37. The Bertz CT molecular complexity index is 1460. The predicted molar refractivity (Wildman–Crippen MR) is 154 cm³/mol. The second kappa shape index (κ2) is 10.8. The van der Waals surface area contributed by atoms with Crippen LogP contribution in [-0.2, 0) is 4.79 Å². The molecule has 0 spiro atoms. The van der Waals surface area contributed by atoms with Gasteiger partial charge in [0.2, 0.25) is 11.9 Å². The molecular formula is C29H33ClF2N6O2. The number of amides is 1. The van der Waals surface area contributed by atoms with E-state index in [0.717, 1.165) is 12.6 Å². The van der Waals surface area contributed by atoms with Crippen LogP contribution < -0.4 is 9.80 Å². The quantitative estimate of drug-likeness (QED) is 0.431. The molecule has 2 atom stereocenters. The Labute approximate surface area is 237 Å². The van der Waals surface area contributed by atoms with Crippen molar-refractivity contribution in [3.05, 3.63) is 53.6 Å². The normalized spacial score (nSPS) is 19.9. The Balaban J connectivity index is 1.67. The smallest absolute Gasteiger partial charge is 0.246 e. The van der Waals surface area contributed by atoms with E-state index in [1.54, 1.807) is 4.90 Å². The molecule has 2 fully saturated rings. The fraction of sp³-hybridized carbons (Fsp3) is 0.414. The largest absolute Gasteiger partial charge is 0.507 e. The van der Waals surface area contributed by atoms with Crippen LogP contribution in [0.4, 0.5) is 20.5 Å². The third-order valence-electron chi connectivity index (χ3n) is 8.08. The van der Waals surface area contributed by atoms with Gasteiger partial charge in [0, 0.05) is 55.3 Å². The Hall–Kier alpha value is -3.50. The number of carbonyl (C=O) groups excluding carboxylic acids is 1. The van der Waals surface area contributed by atoms with Gasteiger partial charge in [-0.05, 0) is 51.7 Å². The number of aromatic nitrogens is 2. The van der Waals surface area contributed by atoms with Crippen molar-refractivity contribution in [3.63, 3.8) is 0 Å². The summed E-state index contributed by atoms with van der Waals surface area (Å²) < 4.78 is 31.2. The molecule has 11 heteroatoms. The van der Waals surface area contributed by atoms with E-state index in [4.69, 9.17) is 16.6 Å². The lowest BCUT2D eigenvalue weighted by Crippen LogP contribution is -2.59. The number of carbonyl (C=O) groups is 1. The van der Waals surface area contributed by atoms with Gasteiger partial charge in [-0.1, -0.05) is 31.2 Å². The number of benzene rings is 2. The molecule has 2 saturated heterocycles. The molecule has 2 aliphatic heterocycles. The first-order valence-corrected chi connectivity index (χ1v) is 13.8. The summed E-state index contributed by atoms with van der Waals surface area (Å²) in [4.78, 5) is 30.0. The third kappa shape index (κ3) is 4.73. The number of hydrogen-bond acceptors (Lipinski definition) is 7. The molecule has 8 nitrogen and oxygen atoms in total. The highest BCUT2D eigenvalue weighted by Crippen LogP contribution is 2.43. The summed E-state index contributed by atoms with van der Waals surface area (Å²) in [5, 5.41) is 10.7. The lowest BCUT2D eigenvalue weighted by Gasteiger charge is -2.46. The Morgan fingerprint density at radius 1 is 1.18 bits per heavy atom. The van der Waals surface area contributed by atoms with Crippen LogP contribution in [0, 0.1) is 11.6 Å². The monoisotopic (exact) mass is 570 g/mol. The Morgan fingerprint density at radius 2 is 1.90 bits per heavy atom. The summed E-state index contributed by atoms with van der Waals surface area (Å²) in [6, 6.07) is 5.31. The average Bonchev–Trinajstić information content (AvgIpc) is 2.90. The Kier molecular flexibility index (Phi) is 7.58. The van der Waals surface area contributed by atoms with Gasteiger partial charge in [-0.3, -0.25) is 4.79 Å². The van der Waals surface area contributed by atoms with Gasteiger partial charge >= 0.3 is 0 Å². The van der Waals surface area contributed by atoms with Gasteiger partial charge in [0.05, 0.1) is 10.6 Å². The van der Waals surface area contributed by atoms with Crippen LogP contribution in [0.3, 0.4) is 0 Å². The van der Waals surface area contributed by atoms with Crippen molar-refractivity contribution < 1.29 is 18.7 Å². The van der Waals surface area contributed by atoms with Gasteiger partial charge in [0.1, 0.15) is 22.9 Å². The fourth-order valence-electron chi connectivity index (χ4n) is 5.52. The first kappa shape index (κ1) is 28.0. The molecule has 0 unspecified atom stereocenters. The van der Waals surface area contributed by atoms with Gasteiger partial charge in [-0.2, -0.15) is 4.98 Å². The van der Waals surface area contributed by atoms with Crippen molar-refractivity contribution >= 4 is 40.2 Å². The summed E-state index contributed by atoms with van der Waals surface area (Å²) >= 11 is 6.59. The van der Waals surface area contributed by atoms with Crippen molar-refractivity contribution in [2.45, 2.75) is 38.9 Å². The van der Waals surface area contributed by atoms with Crippen molar-refractivity contribution in [2.75, 3.05) is 49.6 Å². The van der Waals surface area contributed by atoms with Gasteiger partial charge < -0.3 is 24.7 Å². The van der Waals surface area contributed by atoms with Crippen molar-refractivity contribution in [2.24, 2.45) is 0 Å². The van der Waals surface area contributed by atoms with E-state index in [9.17, 15) is 14.3 Å². The lowest BCUT2D eigenvalue weighted by molar-refractivity contribution is -0.128. The first-order chi connectivity index (χ1) is 19.0. The molecule has 1 N–H and O–H groups in total. The molecule has 0 radical (unpaired) electrons. The molecular weight excluding hydrogens is 538 g/mol. The van der Waals surface area contributed by atoms with Crippen LogP contribution in [-0.4, -0.2) is 88.7 Å². The molecule has 40 heavy (non-hydrogen) atoms. The number of fused-ring (bicyclic) bond motifs is 1. The first-order valence-electron chi connectivity index (χ1n) is 13.4. The van der Waals surface area contributed by atoms with Gasteiger partial charge in [-0.15, -0.1) is 0 Å². The molecule has 3 heterocycles. The maximum absolute atomic E-state index is 16.4. The number of phenols is 1. The number of rotatable bonds is 6. The highest BCUT2D eigenvalue weighted by Gasteiger charge is 2.36. The summed E-state index contributed by atoms with van der Waals surface area (Å²) in [6.45, 7) is 12.8. The minimum Gasteiger partial charge on any atom is -0.507 e. The summed E-state index contributed by atoms with van der Waals surface area (Å²) in [6.07, 6.45) is 1.31. The number of nitrogens with zero attached hydrogens (tertiary/aromatic N) is 6. The molecule has 3 aromatic rings. The fourth-order valence-corrected chi connectivity index (χ4v) is 5.81. The van der Waals surface area contributed by atoms with E-state index in [1.807, 2.05) is 23.6 Å². The van der Waals surface area contributed by atoms with E-state index in [0.29, 0.717) is 49.4 Å². The second-order valence-electron chi connectivity index (χ2n) is 10.6. The SMILES string of the molecule is C=CC(=O)N1C[C@H](C)N(c2nc(N3CC(N(C)CC)C3)nc3c(F)c(-c4c(O)cccc4F)c(Cl)cc23)C[C@H]1C. The molecule has 0 aliphatic carbocycles. The number of halogens is 3. The topological polar surface area (TPSA) is 76.0 Å². The van der Waals surface area contributed by atoms with Gasteiger partial charge in [0.15, 0.2) is 5.82 Å². The number of likely N-dealkylation sites (N-methyl/N-ethyl adjacent to an activating group) is 1. The molecule has 0 bridgehead atoms. The van der Waals surface area contributed by atoms with Crippen LogP contribution in [0.25, 0.3) is 22.0 Å². The standard InChI is InChI=1S/C29H33ClF2N6O2/c1-6-23(40)37-12-17(4)38(13-16(37)3)28-19-11-20(30)24(25-21(31)9-8-10-22(25)39)26(32)27(19)33-29(34-28)36-14-18(15-36)35(5)7-2/h6,8-11,16-18,39H,1,7,12-15H2,2-5H3/t16-,17+/m1/s1.